The van der Waals surface area contributed by atoms with Crippen LogP contribution in [0.1, 0.15) is 90.9 Å². The molecule has 5 aliphatic rings. The topological polar surface area (TPSA) is 36.9 Å². The molecule has 3 saturated heterocycles. The highest BCUT2D eigenvalue weighted by Crippen LogP contribution is 2.51. The van der Waals surface area contributed by atoms with E-state index in [2.05, 4.69) is 49.5 Å². The highest BCUT2D eigenvalue weighted by Gasteiger charge is 2.53. The molecule has 3 aliphatic heterocycles. The summed E-state index contributed by atoms with van der Waals surface area (Å²) in [6, 6.07) is 0. The van der Waals surface area contributed by atoms with Crippen LogP contribution in [0.5, 0.6) is 0 Å². The second-order valence-corrected chi connectivity index (χ2v) is 15.2. The van der Waals surface area contributed by atoms with Crippen molar-refractivity contribution in [2.24, 2.45) is 23.2 Å². The molecule has 4 nitrogen and oxygen atoms in total. The van der Waals surface area contributed by atoms with Crippen LogP contribution in [0.3, 0.4) is 0 Å². The zero-order chi connectivity index (χ0) is 24.1. The first kappa shape index (κ1) is 26.9. The summed E-state index contributed by atoms with van der Waals surface area (Å²) in [5.74, 6) is 3.81. The maximum Gasteiger partial charge on any atom is 0.171 e. The summed E-state index contributed by atoms with van der Waals surface area (Å²) >= 11 is 4.30. The summed E-state index contributed by atoms with van der Waals surface area (Å²) in [7, 11) is 0. The van der Waals surface area contributed by atoms with Crippen molar-refractivity contribution in [3.63, 3.8) is 0 Å². The highest BCUT2D eigenvalue weighted by molar-refractivity contribution is 8.20. The fourth-order valence-corrected chi connectivity index (χ4v) is 9.60. The smallest absolute Gasteiger partial charge is 0.171 e. The third kappa shape index (κ3) is 7.03. The molecular formula is C29H48O4S2. The Bertz CT molecular complexity index is 670. The fraction of sp³-hybridized carbons (Fsp3) is 0.931. The third-order valence-corrected chi connectivity index (χ3v) is 12.0. The molecule has 5 fully saturated rings. The van der Waals surface area contributed by atoms with Gasteiger partial charge in [0.2, 0.25) is 0 Å². The second-order valence-electron chi connectivity index (χ2n) is 12.3. The van der Waals surface area contributed by atoms with Crippen LogP contribution in [0.4, 0.5) is 0 Å². The molecular weight excluding hydrogens is 476 g/mol. The maximum absolute atomic E-state index is 6.65. The van der Waals surface area contributed by atoms with Gasteiger partial charge in [0.25, 0.3) is 0 Å². The van der Waals surface area contributed by atoms with Crippen molar-refractivity contribution < 1.29 is 18.9 Å². The van der Waals surface area contributed by atoms with E-state index in [9.17, 15) is 0 Å². The van der Waals surface area contributed by atoms with Crippen LogP contribution in [0, 0.1) is 23.2 Å². The SMILES string of the molecule is CC1(C)COC2(CC[C@H](C=CC(OC3CCCCO3)C3CCCCC3)[C@H]2CCC2SCCS2)OC1. The van der Waals surface area contributed by atoms with E-state index >= 15 is 0 Å². The maximum atomic E-state index is 6.65. The predicted octanol–water partition coefficient (Wildman–Crippen LogP) is 7.42. The Labute approximate surface area is 222 Å². The number of hydrogen-bond donors (Lipinski definition) is 0. The number of allylic oxidation sites excluding steroid dienone is 1. The molecule has 1 spiro atoms. The van der Waals surface area contributed by atoms with Gasteiger partial charge in [0.05, 0.1) is 23.9 Å². The molecule has 4 atom stereocenters. The monoisotopic (exact) mass is 524 g/mol. The van der Waals surface area contributed by atoms with Gasteiger partial charge in [0.1, 0.15) is 0 Å². The lowest BCUT2D eigenvalue weighted by Gasteiger charge is -2.45. The molecule has 0 aromatic heterocycles. The van der Waals surface area contributed by atoms with Crippen molar-refractivity contribution in [1.82, 2.24) is 0 Å². The predicted molar refractivity (Wildman–Crippen MR) is 147 cm³/mol. The zero-order valence-corrected chi connectivity index (χ0v) is 23.7. The van der Waals surface area contributed by atoms with Gasteiger partial charge in [-0.3, -0.25) is 0 Å². The summed E-state index contributed by atoms with van der Waals surface area (Å²) in [5, 5.41) is 0. The van der Waals surface area contributed by atoms with Gasteiger partial charge >= 0.3 is 0 Å². The number of hydrogen-bond acceptors (Lipinski definition) is 6. The molecule has 2 unspecified atom stereocenters. The lowest BCUT2D eigenvalue weighted by atomic mass is 9.83. The molecule has 0 N–H and O–H groups in total. The molecule has 0 amide bonds. The van der Waals surface area contributed by atoms with Crippen molar-refractivity contribution in [3.05, 3.63) is 12.2 Å². The van der Waals surface area contributed by atoms with Crippen LogP contribution in [-0.2, 0) is 18.9 Å². The Morgan fingerprint density at radius 3 is 2.37 bits per heavy atom. The van der Waals surface area contributed by atoms with Gasteiger partial charge in [-0.1, -0.05) is 45.3 Å². The van der Waals surface area contributed by atoms with Crippen molar-refractivity contribution in [3.8, 4) is 0 Å². The number of thioether (sulfide) groups is 2. The first-order valence-electron chi connectivity index (χ1n) is 14.5. The van der Waals surface area contributed by atoms with Crippen LogP contribution >= 0.6 is 23.5 Å². The van der Waals surface area contributed by atoms with E-state index in [0.29, 0.717) is 17.8 Å². The average Bonchev–Trinajstić information content (AvgIpc) is 3.52. The summed E-state index contributed by atoms with van der Waals surface area (Å²) in [6.07, 6.45) is 19.8. The van der Waals surface area contributed by atoms with Gasteiger partial charge in [0, 0.05) is 35.9 Å². The summed E-state index contributed by atoms with van der Waals surface area (Å²) in [5.41, 5.74) is 0.112. The molecule has 2 saturated carbocycles. The van der Waals surface area contributed by atoms with Crippen molar-refractivity contribution >= 4 is 23.5 Å². The molecule has 0 bridgehead atoms. The van der Waals surface area contributed by atoms with E-state index < -0.39 is 0 Å². The minimum Gasteiger partial charge on any atom is -0.353 e. The molecule has 200 valence electrons. The Kier molecular flexibility index (Phi) is 9.54. The molecule has 3 heterocycles. The van der Waals surface area contributed by atoms with Crippen molar-refractivity contribution in [2.75, 3.05) is 31.3 Å². The third-order valence-electron chi connectivity index (χ3n) is 8.84. The van der Waals surface area contributed by atoms with E-state index in [0.717, 1.165) is 43.7 Å². The Hall–Kier alpha value is 0.280. The minimum absolute atomic E-state index is 0.0188. The zero-order valence-electron chi connectivity index (χ0n) is 22.1. The van der Waals surface area contributed by atoms with E-state index in [-0.39, 0.29) is 23.6 Å². The van der Waals surface area contributed by atoms with E-state index in [4.69, 9.17) is 18.9 Å². The van der Waals surface area contributed by atoms with Gasteiger partial charge in [-0.25, -0.2) is 0 Å². The van der Waals surface area contributed by atoms with Gasteiger partial charge in [0.15, 0.2) is 12.1 Å². The van der Waals surface area contributed by atoms with Gasteiger partial charge in [-0.15, -0.1) is 23.5 Å². The van der Waals surface area contributed by atoms with Crippen LogP contribution in [0.15, 0.2) is 12.2 Å². The fourth-order valence-electron chi connectivity index (χ4n) is 6.73. The normalized spacial score (nSPS) is 35.2. The van der Waals surface area contributed by atoms with Crippen molar-refractivity contribution in [1.29, 1.82) is 0 Å². The van der Waals surface area contributed by atoms with Crippen LogP contribution in [0.25, 0.3) is 0 Å². The first-order valence-corrected chi connectivity index (χ1v) is 16.6. The lowest BCUT2D eigenvalue weighted by Crippen LogP contribution is -2.50. The molecule has 35 heavy (non-hydrogen) atoms. The van der Waals surface area contributed by atoms with Crippen LogP contribution in [-0.4, -0.2) is 54.1 Å². The lowest BCUT2D eigenvalue weighted by molar-refractivity contribution is -0.316. The molecule has 0 aromatic carbocycles. The van der Waals surface area contributed by atoms with Crippen molar-refractivity contribution in [2.45, 2.75) is 114 Å². The Morgan fingerprint density at radius 1 is 0.914 bits per heavy atom. The summed E-state index contributed by atoms with van der Waals surface area (Å²) in [4.78, 5) is 0. The summed E-state index contributed by atoms with van der Waals surface area (Å²) in [6.45, 7) is 6.97. The molecule has 5 rings (SSSR count). The molecule has 0 aromatic rings. The van der Waals surface area contributed by atoms with Crippen LogP contribution < -0.4 is 0 Å². The quantitative estimate of drug-likeness (QED) is 0.308. The Balaban J connectivity index is 1.29. The number of ether oxygens (including phenoxy) is 4. The van der Waals surface area contributed by atoms with Gasteiger partial charge in [-0.05, 0) is 63.2 Å². The average molecular weight is 525 g/mol. The molecule has 6 heteroatoms. The van der Waals surface area contributed by atoms with Gasteiger partial charge in [-0.2, -0.15) is 0 Å². The largest absolute Gasteiger partial charge is 0.353 e. The summed E-state index contributed by atoms with van der Waals surface area (Å²) < 4.78 is 26.6. The van der Waals surface area contributed by atoms with Gasteiger partial charge < -0.3 is 18.9 Å². The molecule has 2 aliphatic carbocycles. The van der Waals surface area contributed by atoms with E-state index in [1.54, 1.807) is 0 Å². The second kappa shape index (κ2) is 12.4. The standard InChI is InChI=1S/C29H48O4S2/c1-28(2)20-31-29(32-21-28)16-15-22(24(29)12-14-27-34-18-19-35-27)11-13-25(23-8-4-3-5-9-23)33-26-10-6-7-17-30-26/h11,13,22-27H,3-10,12,14-21H2,1-2H3/t22-,24+,25?,26?/m0/s1. The minimum atomic E-state index is -0.383. The Morgan fingerprint density at radius 2 is 1.66 bits per heavy atom. The van der Waals surface area contributed by atoms with Crippen LogP contribution in [0.2, 0.25) is 0 Å². The number of rotatable bonds is 8. The first-order chi connectivity index (χ1) is 17.0. The highest BCUT2D eigenvalue weighted by atomic mass is 32.2. The van der Waals surface area contributed by atoms with E-state index in [1.807, 2.05) is 0 Å². The van der Waals surface area contributed by atoms with E-state index in [1.165, 1.54) is 69.3 Å². The molecule has 0 radical (unpaired) electrons.